The molecule has 3 aromatic rings. The van der Waals surface area contributed by atoms with E-state index < -0.39 is 0 Å². The third-order valence-corrected chi connectivity index (χ3v) is 3.24. The highest BCUT2D eigenvalue weighted by Gasteiger charge is 2.08. The van der Waals surface area contributed by atoms with Crippen molar-refractivity contribution >= 4 is 22.7 Å². The molecule has 1 heterocycles. The average molecular weight is 280 g/mol. The Balaban J connectivity index is 1.59. The first-order valence-corrected chi connectivity index (χ1v) is 6.92. The first kappa shape index (κ1) is 13.4. The number of oxazole rings is 1. The second kappa shape index (κ2) is 5.79. The van der Waals surface area contributed by atoms with Gasteiger partial charge >= 0.3 is 0 Å². The monoisotopic (exact) mass is 280 g/mol. The second-order valence-corrected chi connectivity index (χ2v) is 4.99. The van der Waals surface area contributed by atoms with Crippen molar-refractivity contribution in [1.29, 1.82) is 0 Å². The van der Waals surface area contributed by atoms with Crippen molar-refractivity contribution in [3.8, 4) is 0 Å². The first-order chi connectivity index (χ1) is 10.2. The molecule has 3 rings (SSSR count). The van der Waals surface area contributed by atoms with Gasteiger partial charge in [-0.25, -0.2) is 4.98 Å². The van der Waals surface area contributed by atoms with Crippen molar-refractivity contribution in [2.24, 2.45) is 0 Å². The van der Waals surface area contributed by atoms with Gasteiger partial charge in [0.1, 0.15) is 5.52 Å². The molecule has 0 aliphatic carbocycles. The van der Waals surface area contributed by atoms with Crippen molar-refractivity contribution in [2.45, 2.75) is 19.8 Å². The van der Waals surface area contributed by atoms with Gasteiger partial charge in [-0.3, -0.25) is 4.79 Å². The Morgan fingerprint density at radius 2 is 1.90 bits per heavy atom. The van der Waals surface area contributed by atoms with Gasteiger partial charge in [-0.2, -0.15) is 0 Å². The fourth-order valence-corrected chi connectivity index (χ4v) is 2.11. The zero-order valence-electron chi connectivity index (χ0n) is 11.8. The number of amides is 1. The Labute approximate surface area is 122 Å². The molecular weight excluding hydrogens is 264 g/mol. The number of rotatable bonds is 4. The van der Waals surface area contributed by atoms with Crippen LogP contribution in [0.5, 0.6) is 0 Å². The number of benzene rings is 2. The van der Waals surface area contributed by atoms with Gasteiger partial charge in [-0.1, -0.05) is 29.8 Å². The normalized spacial score (nSPS) is 10.7. The number of nitrogens with zero attached hydrogens (tertiary/aromatic N) is 1. The van der Waals surface area contributed by atoms with Gasteiger partial charge in [0.15, 0.2) is 11.5 Å². The summed E-state index contributed by atoms with van der Waals surface area (Å²) in [7, 11) is 0. The summed E-state index contributed by atoms with van der Waals surface area (Å²) in [6, 6.07) is 15.3. The van der Waals surface area contributed by atoms with E-state index in [1.54, 1.807) is 0 Å². The summed E-state index contributed by atoms with van der Waals surface area (Å²) < 4.78 is 5.59. The predicted molar refractivity (Wildman–Crippen MR) is 82.1 cm³/mol. The maximum atomic E-state index is 11.9. The molecule has 0 atom stereocenters. The lowest BCUT2D eigenvalue weighted by molar-refractivity contribution is -0.116. The molecule has 0 spiro atoms. The molecule has 21 heavy (non-hydrogen) atoms. The first-order valence-electron chi connectivity index (χ1n) is 6.92. The van der Waals surface area contributed by atoms with Crippen LogP contribution in [-0.4, -0.2) is 10.9 Å². The highest BCUT2D eigenvalue weighted by atomic mass is 16.3. The second-order valence-electron chi connectivity index (χ2n) is 4.99. The third kappa shape index (κ3) is 3.28. The zero-order valence-corrected chi connectivity index (χ0v) is 11.8. The van der Waals surface area contributed by atoms with Crippen LogP contribution in [0, 0.1) is 6.92 Å². The van der Waals surface area contributed by atoms with Crippen LogP contribution in [0.25, 0.3) is 11.1 Å². The number of hydrogen-bond donors (Lipinski definition) is 1. The highest BCUT2D eigenvalue weighted by Crippen LogP contribution is 2.16. The number of fused-ring (bicyclic) bond motifs is 1. The Bertz CT molecular complexity index is 727. The molecule has 1 N–H and O–H groups in total. The molecule has 2 aromatic carbocycles. The number of hydrogen-bond acceptors (Lipinski definition) is 3. The van der Waals surface area contributed by atoms with Gasteiger partial charge in [0.05, 0.1) is 0 Å². The largest absolute Gasteiger partial charge is 0.441 e. The summed E-state index contributed by atoms with van der Waals surface area (Å²) in [5.41, 5.74) is 3.56. The molecule has 0 saturated heterocycles. The van der Waals surface area contributed by atoms with Crippen LogP contribution in [0.1, 0.15) is 17.9 Å². The van der Waals surface area contributed by atoms with Crippen molar-refractivity contribution < 1.29 is 9.21 Å². The molecule has 0 fully saturated rings. The van der Waals surface area contributed by atoms with Crippen molar-refractivity contribution in [3.63, 3.8) is 0 Å². The summed E-state index contributed by atoms with van der Waals surface area (Å²) >= 11 is 0. The van der Waals surface area contributed by atoms with Gasteiger partial charge in [-0.05, 0) is 31.2 Å². The van der Waals surface area contributed by atoms with E-state index >= 15 is 0 Å². The topological polar surface area (TPSA) is 55.1 Å². The van der Waals surface area contributed by atoms with Gasteiger partial charge < -0.3 is 9.73 Å². The Morgan fingerprint density at radius 3 is 2.67 bits per heavy atom. The quantitative estimate of drug-likeness (QED) is 0.792. The van der Waals surface area contributed by atoms with Crippen LogP contribution in [-0.2, 0) is 11.2 Å². The predicted octanol–water partition coefficient (Wildman–Crippen LogP) is 3.71. The maximum absolute atomic E-state index is 11.9. The molecular formula is C17H16N2O2. The van der Waals surface area contributed by atoms with Crippen molar-refractivity contribution in [3.05, 3.63) is 60.0 Å². The zero-order chi connectivity index (χ0) is 14.7. The van der Waals surface area contributed by atoms with E-state index in [9.17, 15) is 4.79 Å². The van der Waals surface area contributed by atoms with E-state index in [1.807, 2.05) is 55.5 Å². The number of carbonyl (C=O) groups is 1. The van der Waals surface area contributed by atoms with E-state index in [2.05, 4.69) is 10.3 Å². The fourth-order valence-electron chi connectivity index (χ4n) is 2.11. The summed E-state index contributed by atoms with van der Waals surface area (Å²) in [5, 5.41) is 2.86. The SMILES string of the molecule is Cc1ccc(NC(=O)CCc2nc3ccccc3o2)cc1. The van der Waals surface area contributed by atoms with Gasteiger partial charge in [0.2, 0.25) is 5.91 Å². The van der Waals surface area contributed by atoms with Crippen LogP contribution in [0.4, 0.5) is 5.69 Å². The molecule has 4 nitrogen and oxygen atoms in total. The Morgan fingerprint density at radius 1 is 1.14 bits per heavy atom. The highest BCUT2D eigenvalue weighted by molar-refractivity contribution is 5.90. The fraction of sp³-hybridized carbons (Fsp3) is 0.176. The van der Waals surface area contributed by atoms with Gasteiger partial charge in [0, 0.05) is 18.5 Å². The van der Waals surface area contributed by atoms with Crippen LogP contribution in [0.3, 0.4) is 0 Å². The van der Waals surface area contributed by atoms with Crippen LogP contribution in [0.2, 0.25) is 0 Å². The molecule has 0 aliphatic heterocycles. The van der Waals surface area contributed by atoms with Gasteiger partial charge in [0.25, 0.3) is 0 Å². The summed E-state index contributed by atoms with van der Waals surface area (Å²) in [6.45, 7) is 2.01. The molecule has 106 valence electrons. The summed E-state index contributed by atoms with van der Waals surface area (Å²) in [5.74, 6) is 0.552. The van der Waals surface area contributed by atoms with Gasteiger partial charge in [-0.15, -0.1) is 0 Å². The number of para-hydroxylation sites is 2. The Hall–Kier alpha value is -2.62. The lowest BCUT2D eigenvalue weighted by Gasteiger charge is -2.04. The van der Waals surface area contributed by atoms with E-state index in [1.165, 1.54) is 5.56 Å². The smallest absolute Gasteiger partial charge is 0.224 e. The van der Waals surface area contributed by atoms with Crippen molar-refractivity contribution in [2.75, 3.05) is 5.32 Å². The van der Waals surface area contributed by atoms with E-state index in [0.29, 0.717) is 18.7 Å². The molecule has 1 amide bonds. The van der Waals surface area contributed by atoms with E-state index in [-0.39, 0.29) is 5.91 Å². The van der Waals surface area contributed by atoms with Crippen molar-refractivity contribution in [1.82, 2.24) is 4.98 Å². The van der Waals surface area contributed by atoms with Crippen LogP contribution >= 0.6 is 0 Å². The summed E-state index contributed by atoms with van der Waals surface area (Å²) in [6.07, 6.45) is 0.840. The summed E-state index contributed by atoms with van der Waals surface area (Å²) in [4.78, 5) is 16.3. The third-order valence-electron chi connectivity index (χ3n) is 3.24. The lowest BCUT2D eigenvalue weighted by atomic mass is 10.2. The lowest BCUT2D eigenvalue weighted by Crippen LogP contribution is -2.12. The number of aryl methyl sites for hydroxylation is 2. The Kier molecular flexibility index (Phi) is 3.69. The van der Waals surface area contributed by atoms with E-state index in [4.69, 9.17) is 4.42 Å². The number of anilines is 1. The number of carbonyl (C=O) groups excluding carboxylic acids is 1. The standard InChI is InChI=1S/C17H16N2O2/c1-12-6-8-13(9-7-12)18-16(20)10-11-17-19-14-4-2-3-5-15(14)21-17/h2-9H,10-11H2,1H3,(H,18,20). The minimum atomic E-state index is -0.0406. The molecule has 0 saturated carbocycles. The molecule has 0 aliphatic rings. The maximum Gasteiger partial charge on any atom is 0.224 e. The minimum Gasteiger partial charge on any atom is -0.441 e. The van der Waals surface area contributed by atoms with Crippen LogP contribution in [0.15, 0.2) is 52.9 Å². The number of aromatic nitrogens is 1. The molecule has 0 unspecified atom stereocenters. The molecule has 0 radical (unpaired) electrons. The molecule has 4 heteroatoms. The average Bonchev–Trinajstić information content (AvgIpc) is 2.90. The molecule has 0 bridgehead atoms. The van der Waals surface area contributed by atoms with E-state index in [0.717, 1.165) is 16.8 Å². The number of nitrogens with one attached hydrogen (secondary N) is 1. The molecule has 1 aromatic heterocycles. The van der Waals surface area contributed by atoms with Crippen LogP contribution < -0.4 is 5.32 Å². The minimum absolute atomic E-state index is 0.0406.